The molecular formula is C14H10O7. The second-order valence-corrected chi connectivity index (χ2v) is 4.02. The molecule has 0 aromatic heterocycles. The van der Waals surface area contributed by atoms with Crippen molar-refractivity contribution < 1.29 is 34.8 Å². The molecule has 0 radical (unpaired) electrons. The van der Waals surface area contributed by atoms with Crippen molar-refractivity contribution >= 4 is 11.9 Å². The molecule has 0 heterocycles. The van der Waals surface area contributed by atoms with Gasteiger partial charge in [-0.25, -0.2) is 9.59 Å². The largest absolute Gasteiger partial charge is 0.504 e. The van der Waals surface area contributed by atoms with Gasteiger partial charge < -0.3 is 25.2 Å². The third-order valence-electron chi connectivity index (χ3n) is 2.65. The standard InChI is InChI=1S/C14H10O7/c15-11-9(21-7-4-2-1-3-5-7)6-8(13(17)18)10(12(11)16)14(19)20/h1-6,15-16H,(H,17,18)(H,19,20). The van der Waals surface area contributed by atoms with Crippen LogP contribution in [-0.4, -0.2) is 32.4 Å². The Morgan fingerprint density at radius 2 is 1.52 bits per heavy atom. The maximum absolute atomic E-state index is 11.1. The Labute approximate surface area is 118 Å². The van der Waals surface area contributed by atoms with E-state index in [4.69, 9.17) is 14.9 Å². The summed E-state index contributed by atoms with van der Waals surface area (Å²) >= 11 is 0. The summed E-state index contributed by atoms with van der Waals surface area (Å²) in [6.45, 7) is 0. The van der Waals surface area contributed by atoms with Crippen molar-refractivity contribution in [2.45, 2.75) is 0 Å². The Bertz CT molecular complexity index is 707. The first-order valence-corrected chi connectivity index (χ1v) is 5.70. The quantitative estimate of drug-likeness (QED) is 0.636. The molecule has 2 aromatic carbocycles. The molecule has 0 aliphatic rings. The number of para-hydroxylation sites is 1. The van der Waals surface area contributed by atoms with Crippen LogP contribution < -0.4 is 4.74 Å². The number of aromatic hydroxyl groups is 2. The first-order valence-electron chi connectivity index (χ1n) is 5.70. The van der Waals surface area contributed by atoms with Gasteiger partial charge in [-0.2, -0.15) is 0 Å². The molecule has 7 nitrogen and oxygen atoms in total. The van der Waals surface area contributed by atoms with Crippen molar-refractivity contribution in [2.24, 2.45) is 0 Å². The summed E-state index contributed by atoms with van der Waals surface area (Å²) in [5.74, 6) is -5.23. The number of rotatable bonds is 4. The van der Waals surface area contributed by atoms with Crippen molar-refractivity contribution in [3.05, 3.63) is 47.5 Å². The highest BCUT2D eigenvalue weighted by Gasteiger charge is 2.26. The van der Waals surface area contributed by atoms with Crippen LogP contribution in [0.3, 0.4) is 0 Å². The number of hydrogen-bond donors (Lipinski definition) is 4. The minimum atomic E-state index is -1.67. The molecule has 0 spiro atoms. The summed E-state index contributed by atoms with van der Waals surface area (Å²) in [4.78, 5) is 22.1. The first kappa shape index (κ1) is 14.2. The Hall–Kier alpha value is -3.22. The third-order valence-corrected chi connectivity index (χ3v) is 2.65. The second kappa shape index (κ2) is 5.41. The molecule has 7 heteroatoms. The molecule has 0 saturated heterocycles. The highest BCUT2D eigenvalue weighted by atomic mass is 16.5. The van der Waals surface area contributed by atoms with Gasteiger partial charge in [-0.3, -0.25) is 0 Å². The average molecular weight is 290 g/mol. The van der Waals surface area contributed by atoms with Gasteiger partial charge in [-0.15, -0.1) is 0 Å². The topological polar surface area (TPSA) is 124 Å². The van der Waals surface area contributed by atoms with Crippen LogP contribution in [0.4, 0.5) is 0 Å². The zero-order valence-electron chi connectivity index (χ0n) is 10.5. The van der Waals surface area contributed by atoms with Gasteiger partial charge in [0.2, 0.25) is 5.75 Å². The fourth-order valence-corrected chi connectivity index (χ4v) is 1.71. The molecule has 0 fully saturated rings. The summed E-state index contributed by atoms with van der Waals surface area (Å²) in [6.07, 6.45) is 0. The van der Waals surface area contributed by atoms with Gasteiger partial charge >= 0.3 is 11.9 Å². The van der Waals surface area contributed by atoms with E-state index in [1.165, 1.54) is 0 Å². The van der Waals surface area contributed by atoms with Gasteiger partial charge in [0.05, 0.1) is 5.56 Å². The maximum Gasteiger partial charge on any atom is 0.340 e. The van der Waals surface area contributed by atoms with Gasteiger partial charge in [-0.05, 0) is 12.1 Å². The third kappa shape index (κ3) is 2.71. The molecule has 0 amide bonds. The number of hydrogen-bond acceptors (Lipinski definition) is 5. The first-order chi connectivity index (χ1) is 9.91. The van der Waals surface area contributed by atoms with Crippen molar-refractivity contribution in [1.29, 1.82) is 0 Å². The van der Waals surface area contributed by atoms with Crippen molar-refractivity contribution in [2.75, 3.05) is 0 Å². The number of ether oxygens (including phenoxy) is 1. The molecule has 2 rings (SSSR count). The number of benzene rings is 2. The number of carboxylic acids is 2. The summed E-state index contributed by atoms with van der Waals surface area (Å²) in [5.41, 5.74) is -1.59. The van der Waals surface area contributed by atoms with E-state index in [2.05, 4.69) is 0 Å². The predicted molar refractivity (Wildman–Crippen MR) is 70.2 cm³/mol. The minimum absolute atomic E-state index is 0.284. The Morgan fingerprint density at radius 3 is 2.05 bits per heavy atom. The maximum atomic E-state index is 11.1. The van der Waals surface area contributed by atoms with E-state index in [9.17, 15) is 19.8 Å². The Kier molecular flexibility index (Phi) is 3.66. The zero-order valence-corrected chi connectivity index (χ0v) is 10.5. The van der Waals surface area contributed by atoms with Crippen LogP contribution in [0.5, 0.6) is 23.0 Å². The lowest BCUT2D eigenvalue weighted by Gasteiger charge is -2.12. The molecule has 0 atom stereocenters. The van der Waals surface area contributed by atoms with Crippen LogP contribution in [0.2, 0.25) is 0 Å². The molecule has 0 aliphatic heterocycles. The van der Waals surface area contributed by atoms with Crippen LogP contribution >= 0.6 is 0 Å². The minimum Gasteiger partial charge on any atom is -0.504 e. The summed E-state index contributed by atoms with van der Waals surface area (Å²) in [6, 6.07) is 8.95. The lowest BCUT2D eigenvalue weighted by molar-refractivity contribution is 0.0647. The predicted octanol–water partition coefficient (Wildman–Crippen LogP) is 2.29. The van der Waals surface area contributed by atoms with Crippen LogP contribution in [-0.2, 0) is 0 Å². The van der Waals surface area contributed by atoms with Gasteiger partial charge in [0.15, 0.2) is 11.5 Å². The number of carbonyl (C=O) groups is 2. The van der Waals surface area contributed by atoms with E-state index in [0.717, 1.165) is 6.07 Å². The molecule has 4 N–H and O–H groups in total. The molecule has 0 unspecified atom stereocenters. The van der Waals surface area contributed by atoms with E-state index in [0.29, 0.717) is 0 Å². The molecule has 0 saturated carbocycles. The molecule has 21 heavy (non-hydrogen) atoms. The molecule has 108 valence electrons. The van der Waals surface area contributed by atoms with Crippen molar-refractivity contribution in [3.63, 3.8) is 0 Å². The van der Waals surface area contributed by atoms with Crippen LogP contribution in [0.15, 0.2) is 36.4 Å². The second-order valence-electron chi connectivity index (χ2n) is 4.02. The van der Waals surface area contributed by atoms with E-state index in [1.807, 2.05) is 0 Å². The zero-order chi connectivity index (χ0) is 15.6. The average Bonchev–Trinajstić information content (AvgIpc) is 2.44. The fourth-order valence-electron chi connectivity index (χ4n) is 1.71. The lowest BCUT2D eigenvalue weighted by atomic mass is 10.0. The number of phenolic OH excluding ortho intramolecular Hbond substituents is 1. The van der Waals surface area contributed by atoms with Gasteiger partial charge in [0.1, 0.15) is 11.3 Å². The highest BCUT2D eigenvalue weighted by Crippen LogP contribution is 2.42. The Balaban J connectivity index is 2.58. The van der Waals surface area contributed by atoms with Crippen LogP contribution in [0.25, 0.3) is 0 Å². The summed E-state index contributed by atoms with van der Waals surface area (Å²) in [5, 5.41) is 37.4. The number of aromatic carboxylic acids is 2. The number of carboxylic acid groups (broad SMARTS) is 2. The van der Waals surface area contributed by atoms with Crippen molar-refractivity contribution in [1.82, 2.24) is 0 Å². The van der Waals surface area contributed by atoms with E-state index >= 15 is 0 Å². The summed E-state index contributed by atoms with van der Waals surface area (Å²) < 4.78 is 5.25. The molecular weight excluding hydrogens is 280 g/mol. The molecule has 0 aliphatic carbocycles. The van der Waals surface area contributed by atoms with Crippen LogP contribution in [0, 0.1) is 0 Å². The normalized spacial score (nSPS) is 10.1. The number of phenols is 2. The van der Waals surface area contributed by atoms with Crippen molar-refractivity contribution in [3.8, 4) is 23.0 Å². The molecule has 0 bridgehead atoms. The SMILES string of the molecule is O=C(O)c1cc(Oc2ccccc2)c(O)c(O)c1C(=O)O. The van der Waals surface area contributed by atoms with Gasteiger partial charge in [0.25, 0.3) is 0 Å². The van der Waals surface area contributed by atoms with Gasteiger partial charge in [-0.1, -0.05) is 18.2 Å². The summed E-state index contributed by atoms with van der Waals surface area (Å²) in [7, 11) is 0. The van der Waals surface area contributed by atoms with Gasteiger partial charge in [0, 0.05) is 6.07 Å². The smallest absolute Gasteiger partial charge is 0.340 e. The molecule has 2 aromatic rings. The Morgan fingerprint density at radius 1 is 0.905 bits per heavy atom. The fraction of sp³-hybridized carbons (Fsp3) is 0. The van der Waals surface area contributed by atoms with Crippen LogP contribution in [0.1, 0.15) is 20.7 Å². The van der Waals surface area contributed by atoms with E-state index < -0.39 is 34.6 Å². The monoisotopic (exact) mass is 290 g/mol. The van der Waals surface area contributed by atoms with E-state index in [1.54, 1.807) is 30.3 Å². The lowest BCUT2D eigenvalue weighted by Crippen LogP contribution is -2.09. The van der Waals surface area contributed by atoms with E-state index in [-0.39, 0.29) is 11.5 Å². The highest BCUT2D eigenvalue weighted by molar-refractivity contribution is 6.05.